The van der Waals surface area contributed by atoms with E-state index in [1.54, 1.807) is 0 Å². The van der Waals surface area contributed by atoms with Crippen molar-refractivity contribution < 1.29 is 9.53 Å². The van der Waals surface area contributed by atoms with E-state index in [1.165, 1.54) is 5.56 Å². The van der Waals surface area contributed by atoms with E-state index in [9.17, 15) is 4.79 Å². The SMILES string of the molecule is Cc1ccccc1CC(=O)N1CCC[C@@H](c2nc3ccc(N4CCOCC4)cn3n2)C1. The van der Waals surface area contributed by atoms with Gasteiger partial charge in [-0.1, -0.05) is 24.3 Å². The number of rotatable bonds is 4. The molecule has 1 aromatic carbocycles. The second-order valence-electron chi connectivity index (χ2n) is 8.54. The molecule has 0 bridgehead atoms. The fraction of sp³-hybridized carbons (Fsp3) is 0.458. The van der Waals surface area contributed by atoms with Gasteiger partial charge >= 0.3 is 0 Å². The zero-order chi connectivity index (χ0) is 21.2. The molecule has 0 spiro atoms. The van der Waals surface area contributed by atoms with Crippen LogP contribution in [0.15, 0.2) is 42.6 Å². The van der Waals surface area contributed by atoms with Gasteiger partial charge in [-0.2, -0.15) is 5.10 Å². The zero-order valence-electron chi connectivity index (χ0n) is 18.0. The highest BCUT2D eigenvalue weighted by atomic mass is 16.5. The number of morpholine rings is 1. The summed E-state index contributed by atoms with van der Waals surface area (Å²) in [5, 5.41) is 4.79. The fourth-order valence-electron chi connectivity index (χ4n) is 4.57. The van der Waals surface area contributed by atoms with E-state index < -0.39 is 0 Å². The lowest BCUT2D eigenvalue weighted by atomic mass is 9.96. The lowest BCUT2D eigenvalue weighted by Gasteiger charge is -2.31. The third-order valence-corrected chi connectivity index (χ3v) is 6.45. The second-order valence-corrected chi connectivity index (χ2v) is 8.54. The number of ether oxygens (including phenoxy) is 1. The highest BCUT2D eigenvalue weighted by Gasteiger charge is 2.27. The molecule has 2 fully saturated rings. The van der Waals surface area contributed by atoms with Crippen LogP contribution in [0.5, 0.6) is 0 Å². The largest absolute Gasteiger partial charge is 0.378 e. The molecule has 7 nitrogen and oxygen atoms in total. The van der Waals surface area contributed by atoms with Crippen LogP contribution in [0.25, 0.3) is 5.65 Å². The summed E-state index contributed by atoms with van der Waals surface area (Å²) in [6, 6.07) is 12.3. The first-order valence-corrected chi connectivity index (χ1v) is 11.2. The number of amides is 1. The van der Waals surface area contributed by atoms with E-state index in [0.717, 1.165) is 68.4 Å². The van der Waals surface area contributed by atoms with Gasteiger partial charge < -0.3 is 14.5 Å². The molecule has 0 aliphatic carbocycles. The van der Waals surface area contributed by atoms with Crippen molar-refractivity contribution in [2.24, 2.45) is 0 Å². The molecule has 0 unspecified atom stereocenters. The first-order valence-electron chi connectivity index (χ1n) is 11.2. The third kappa shape index (κ3) is 4.28. The number of hydrogen-bond donors (Lipinski definition) is 0. The quantitative estimate of drug-likeness (QED) is 0.651. The average Bonchev–Trinajstić information content (AvgIpc) is 3.25. The minimum atomic E-state index is 0.182. The van der Waals surface area contributed by atoms with Gasteiger partial charge in [0.25, 0.3) is 0 Å². The number of pyridine rings is 1. The van der Waals surface area contributed by atoms with Gasteiger partial charge in [-0.05, 0) is 43.0 Å². The Labute approximate surface area is 182 Å². The Morgan fingerprint density at radius 3 is 2.81 bits per heavy atom. The smallest absolute Gasteiger partial charge is 0.227 e. The van der Waals surface area contributed by atoms with Crippen molar-refractivity contribution in [3.63, 3.8) is 0 Å². The number of hydrogen-bond acceptors (Lipinski definition) is 5. The molecule has 31 heavy (non-hydrogen) atoms. The van der Waals surface area contributed by atoms with E-state index in [2.05, 4.69) is 30.2 Å². The van der Waals surface area contributed by atoms with Gasteiger partial charge in [-0.3, -0.25) is 4.79 Å². The number of benzene rings is 1. The summed E-state index contributed by atoms with van der Waals surface area (Å²) in [5.74, 6) is 1.21. The Morgan fingerprint density at radius 2 is 1.97 bits per heavy atom. The van der Waals surface area contributed by atoms with Crippen LogP contribution >= 0.6 is 0 Å². The van der Waals surface area contributed by atoms with E-state index in [4.69, 9.17) is 14.8 Å². The summed E-state index contributed by atoms with van der Waals surface area (Å²) in [6.07, 6.45) is 4.52. The zero-order valence-corrected chi connectivity index (χ0v) is 18.0. The van der Waals surface area contributed by atoms with E-state index >= 15 is 0 Å². The number of carbonyl (C=O) groups is 1. The van der Waals surface area contributed by atoms with Crippen LogP contribution < -0.4 is 4.90 Å². The van der Waals surface area contributed by atoms with Crippen molar-refractivity contribution in [2.45, 2.75) is 32.1 Å². The lowest BCUT2D eigenvalue weighted by molar-refractivity contribution is -0.131. The van der Waals surface area contributed by atoms with Gasteiger partial charge in [0, 0.05) is 32.1 Å². The molecule has 3 aromatic rings. The second kappa shape index (κ2) is 8.67. The van der Waals surface area contributed by atoms with Crippen molar-refractivity contribution in [2.75, 3.05) is 44.3 Å². The Hall–Kier alpha value is -2.93. The number of fused-ring (bicyclic) bond motifs is 1. The van der Waals surface area contributed by atoms with Crippen molar-refractivity contribution in [1.82, 2.24) is 19.5 Å². The average molecular weight is 420 g/mol. The molecule has 4 heterocycles. The van der Waals surface area contributed by atoms with Gasteiger partial charge in [0.1, 0.15) is 0 Å². The van der Waals surface area contributed by atoms with E-state index in [1.807, 2.05) is 33.7 Å². The third-order valence-electron chi connectivity index (χ3n) is 6.45. The molecule has 0 N–H and O–H groups in total. The molecule has 2 aliphatic rings. The van der Waals surface area contributed by atoms with E-state index in [0.29, 0.717) is 13.0 Å². The molecule has 2 saturated heterocycles. The molecule has 2 aromatic heterocycles. The van der Waals surface area contributed by atoms with Gasteiger partial charge in [-0.25, -0.2) is 9.50 Å². The van der Waals surface area contributed by atoms with Crippen molar-refractivity contribution >= 4 is 17.2 Å². The van der Waals surface area contributed by atoms with Crippen LogP contribution in [0, 0.1) is 6.92 Å². The summed E-state index contributed by atoms with van der Waals surface area (Å²) in [5.41, 5.74) is 4.28. The number of carbonyl (C=O) groups excluding carboxylic acids is 1. The van der Waals surface area contributed by atoms with Crippen molar-refractivity contribution in [3.05, 3.63) is 59.5 Å². The summed E-state index contributed by atoms with van der Waals surface area (Å²) in [4.78, 5) is 22.0. The Morgan fingerprint density at radius 1 is 1.13 bits per heavy atom. The Kier molecular flexibility index (Phi) is 5.59. The maximum atomic E-state index is 13.0. The van der Waals surface area contributed by atoms with Gasteiger partial charge in [0.05, 0.1) is 31.5 Å². The topological polar surface area (TPSA) is 63.0 Å². The highest BCUT2D eigenvalue weighted by molar-refractivity contribution is 5.79. The number of piperidine rings is 1. The maximum absolute atomic E-state index is 13.0. The number of anilines is 1. The van der Waals surface area contributed by atoms with Crippen LogP contribution in [0.4, 0.5) is 5.69 Å². The highest BCUT2D eigenvalue weighted by Crippen LogP contribution is 2.26. The molecule has 7 heteroatoms. The van der Waals surface area contributed by atoms with Crippen LogP contribution in [-0.2, 0) is 16.0 Å². The number of aromatic nitrogens is 3. The molecule has 1 atom stereocenters. The number of nitrogens with zero attached hydrogens (tertiary/aromatic N) is 5. The molecule has 162 valence electrons. The fourth-order valence-corrected chi connectivity index (χ4v) is 4.57. The molecule has 1 amide bonds. The minimum Gasteiger partial charge on any atom is -0.378 e. The minimum absolute atomic E-state index is 0.182. The van der Waals surface area contributed by atoms with Crippen LogP contribution in [0.3, 0.4) is 0 Å². The number of aryl methyl sites for hydroxylation is 1. The van der Waals surface area contributed by atoms with Crippen molar-refractivity contribution in [1.29, 1.82) is 0 Å². The molecule has 0 radical (unpaired) electrons. The first-order chi connectivity index (χ1) is 15.2. The van der Waals surface area contributed by atoms with Gasteiger partial charge in [0.15, 0.2) is 11.5 Å². The molecule has 2 aliphatic heterocycles. The van der Waals surface area contributed by atoms with Crippen LogP contribution in [-0.4, -0.2) is 64.8 Å². The Bertz CT molecular complexity index is 1070. The molecular formula is C24H29N5O2. The molecular weight excluding hydrogens is 390 g/mol. The normalized spacial score (nSPS) is 19.7. The van der Waals surface area contributed by atoms with Crippen LogP contribution in [0.1, 0.15) is 35.7 Å². The van der Waals surface area contributed by atoms with E-state index in [-0.39, 0.29) is 11.8 Å². The van der Waals surface area contributed by atoms with Gasteiger partial charge in [-0.15, -0.1) is 0 Å². The predicted molar refractivity (Wildman–Crippen MR) is 119 cm³/mol. The van der Waals surface area contributed by atoms with Crippen LogP contribution in [0.2, 0.25) is 0 Å². The monoisotopic (exact) mass is 419 g/mol. The first kappa shape index (κ1) is 20.0. The summed E-state index contributed by atoms with van der Waals surface area (Å²) >= 11 is 0. The number of likely N-dealkylation sites (tertiary alicyclic amines) is 1. The summed E-state index contributed by atoms with van der Waals surface area (Å²) in [7, 11) is 0. The standard InChI is InChI=1S/C24H29N5O2/c1-18-5-2-3-6-19(18)15-23(30)28-10-4-7-20(16-28)24-25-22-9-8-21(17-29(22)26-24)27-11-13-31-14-12-27/h2-3,5-6,8-9,17,20H,4,7,10-16H2,1H3/t20-/m1/s1. The predicted octanol–water partition coefficient (Wildman–Crippen LogP) is 2.82. The van der Waals surface area contributed by atoms with Gasteiger partial charge in [0.2, 0.25) is 5.91 Å². The Balaban J connectivity index is 1.30. The van der Waals surface area contributed by atoms with Crippen molar-refractivity contribution in [3.8, 4) is 0 Å². The molecule has 5 rings (SSSR count). The maximum Gasteiger partial charge on any atom is 0.227 e. The lowest BCUT2D eigenvalue weighted by Crippen LogP contribution is -2.40. The summed E-state index contributed by atoms with van der Waals surface area (Å²) < 4.78 is 7.34. The summed E-state index contributed by atoms with van der Waals surface area (Å²) in [6.45, 7) is 6.88. The molecule has 0 saturated carbocycles.